The van der Waals surface area contributed by atoms with Crippen LogP contribution in [-0.2, 0) is 16.1 Å². The minimum atomic E-state index is -0.665. The molecule has 0 spiro atoms. The number of rotatable bonds is 2. The number of carbonyl (C=O) groups is 3. The minimum absolute atomic E-state index is 0. The van der Waals surface area contributed by atoms with Gasteiger partial charge in [-0.2, -0.15) is 0 Å². The Kier molecular flexibility index (Phi) is 4.14. The van der Waals surface area contributed by atoms with Crippen molar-refractivity contribution in [1.29, 1.82) is 0 Å². The lowest BCUT2D eigenvalue weighted by molar-refractivity contribution is -0.136. The molecule has 2 aliphatic rings. The molecule has 1 N–H and O–H groups in total. The van der Waals surface area contributed by atoms with Gasteiger partial charge in [0.2, 0.25) is 11.8 Å². The number of amides is 3. The monoisotopic (exact) mass is 301 g/mol. The van der Waals surface area contributed by atoms with Crippen LogP contribution in [0, 0.1) is 0 Å². The van der Waals surface area contributed by atoms with Crippen molar-refractivity contribution in [2.24, 2.45) is 5.11 Å². The van der Waals surface area contributed by atoms with Gasteiger partial charge in [0.25, 0.3) is 5.91 Å². The second-order valence-corrected chi connectivity index (χ2v) is 4.89. The van der Waals surface area contributed by atoms with Crippen LogP contribution >= 0.6 is 0 Å². The molecular formula is C14H15N5O3. The summed E-state index contributed by atoms with van der Waals surface area (Å²) in [5.74, 6) is -1.07. The van der Waals surface area contributed by atoms with Gasteiger partial charge in [-0.05, 0) is 23.6 Å². The Balaban J connectivity index is 0.00000176. The largest absolute Gasteiger partial charge is 0.322 e. The molecule has 0 aromatic heterocycles. The van der Waals surface area contributed by atoms with Gasteiger partial charge in [-0.3, -0.25) is 19.7 Å². The van der Waals surface area contributed by atoms with E-state index in [1.54, 1.807) is 18.2 Å². The number of azide groups is 1. The number of nitrogens with zero attached hydrogens (tertiary/aromatic N) is 4. The highest BCUT2D eigenvalue weighted by molar-refractivity contribution is 6.05. The van der Waals surface area contributed by atoms with Crippen LogP contribution in [-0.4, -0.2) is 28.7 Å². The van der Waals surface area contributed by atoms with E-state index in [1.807, 2.05) is 0 Å². The smallest absolute Gasteiger partial charge is 0.255 e. The third-order valence-electron chi connectivity index (χ3n) is 3.71. The lowest BCUT2D eigenvalue weighted by atomic mass is 10.0. The summed E-state index contributed by atoms with van der Waals surface area (Å²) >= 11 is 0. The SMILES string of the molecule is C.[N-]=[N+]=Nc1cccc2c1CN(C1CCC(=O)NC1=O)C2=O. The third-order valence-corrected chi connectivity index (χ3v) is 3.71. The number of hydrogen-bond donors (Lipinski definition) is 1. The van der Waals surface area contributed by atoms with Gasteiger partial charge in [-0.15, -0.1) is 0 Å². The van der Waals surface area contributed by atoms with Crippen molar-refractivity contribution in [2.75, 3.05) is 0 Å². The molecule has 1 saturated heterocycles. The van der Waals surface area contributed by atoms with Crippen molar-refractivity contribution in [1.82, 2.24) is 10.2 Å². The lowest BCUT2D eigenvalue weighted by Gasteiger charge is -2.29. The van der Waals surface area contributed by atoms with Gasteiger partial charge in [0.05, 0.1) is 0 Å². The molecule has 0 radical (unpaired) electrons. The predicted octanol–water partition coefficient (Wildman–Crippen LogP) is 2.03. The molecule has 2 heterocycles. The maximum atomic E-state index is 12.4. The number of carbonyl (C=O) groups excluding carboxylic acids is 3. The Bertz CT molecular complexity index is 708. The summed E-state index contributed by atoms with van der Waals surface area (Å²) in [6.45, 7) is 0.204. The molecule has 0 bridgehead atoms. The number of benzene rings is 1. The van der Waals surface area contributed by atoms with Crippen LogP contribution < -0.4 is 5.32 Å². The molecule has 1 unspecified atom stereocenters. The van der Waals surface area contributed by atoms with Crippen molar-refractivity contribution in [3.8, 4) is 0 Å². The normalized spacial score (nSPS) is 19.9. The maximum Gasteiger partial charge on any atom is 0.255 e. The fraction of sp³-hybridized carbons (Fsp3) is 0.357. The standard InChI is InChI=1S/C13H11N5O3.CH4/c14-17-16-9-3-1-2-7-8(9)6-18(13(7)21)10-4-5-11(19)15-12(10)20;/h1-3,10H,4-6H2,(H,15,19,20);1H4. The van der Waals surface area contributed by atoms with E-state index in [9.17, 15) is 14.4 Å². The number of hydrogen-bond acceptors (Lipinski definition) is 4. The summed E-state index contributed by atoms with van der Waals surface area (Å²) < 4.78 is 0. The number of imide groups is 1. The summed E-state index contributed by atoms with van der Waals surface area (Å²) in [6.07, 6.45) is 0.515. The molecule has 2 aliphatic heterocycles. The first kappa shape index (κ1) is 15.5. The van der Waals surface area contributed by atoms with E-state index in [4.69, 9.17) is 5.53 Å². The van der Waals surface area contributed by atoms with Gasteiger partial charge in [0, 0.05) is 29.1 Å². The Morgan fingerprint density at radius 1 is 1.32 bits per heavy atom. The zero-order valence-corrected chi connectivity index (χ0v) is 10.9. The van der Waals surface area contributed by atoms with E-state index in [1.165, 1.54) is 4.90 Å². The molecule has 3 rings (SSSR count). The predicted molar refractivity (Wildman–Crippen MR) is 78.0 cm³/mol. The molecule has 3 amide bonds. The van der Waals surface area contributed by atoms with Crippen molar-refractivity contribution in [3.05, 3.63) is 39.8 Å². The van der Waals surface area contributed by atoms with Gasteiger partial charge in [0.1, 0.15) is 6.04 Å². The van der Waals surface area contributed by atoms with Crippen LogP contribution in [0.15, 0.2) is 23.3 Å². The fourth-order valence-electron chi connectivity index (χ4n) is 2.71. The van der Waals surface area contributed by atoms with E-state index in [2.05, 4.69) is 15.3 Å². The molecule has 0 saturated carbocycles. The van der Waals surface area contributed by atoms with Crippen LogP contribution in [0.2, 0.25) is 0 Å². The van der Waals surface area contributed by atoms with Crippen molar-refractivity contribution >= 4 is 23.4 Å². The van der Waals surface area contributed by atoms with Crippen LogP contribution in [0.4, 0.5) is 5.69 Å². The molecule has 1 fully saturated rings. The number of piperidine rings is 1. The van der Waals surface area contributed by atoms with Crippen LogP contribution in [0.25, 0.3) is 10.4 Å². The molecular weight excluding hydrogens is 286 g/mol. The summed E-state index contributed by atoms with van der Waals surface area (Å²) in [4.78, 5) is 39.6. The van der Waals surface area contributed by atoms with Gasteiger partial charge >= 0.3 is 0 Å². The summed E-state index contributed by atoms with van der Waals surface area (Å²) in [6, 6.07) is 4.23. The van der Waals surface area contributed by atoms with E-state index >= 15 is 0 Å². The topological polar surface area (TPSA) is 115 Å². The molecule has 1 aromatic carbocycles. The first-order valence-corrected chi connectivity index (χ1v) is 6.43. The average Bonchev–Trinajstić information content (AvgIpc) is 2.78. The molecule has 114 valence electrons. The number of nitrogens with one attached hydrogen (secondary N) is 1. The van der Waals surface area contributed by atoms with Crippen LogP contribution in [0.1, 0.15) is 36.2 Å². The van der Waals surface area contributed by atoms with Gasteiger partial charge in [-0.25, -0.2) is 0 Å². The Hall–Kier alpha value is -2.86. The van der Waals surface area contributed by atoms with Crippen molar-refractivity contribution < 1.29 is 14.4 Å². The first-order valence-electron chi connectivity index (χ1n) is 6.43. The van der Waals surface area contributed by atoms with E-state index in [0.29, 0.717) is 23.2 Å². The maximum absolute atomic E-state index is 12.4. The molecule has 1 atom stereocenters. The minimum Gasteiger partial charge on any atom is -0.322 e. The molecule has 8 nitrogen and oxygen atoms in total. The van der Waals surface area contributed by atoms with Crippen molar-refractivity contribution in [3.63, 3.8) is 0 Å². The highest BCUT2D eigenvalue weighted by Gasteiger charge is 2.39. The van der Waals surface area contributed by atoms with Gasteiger partial charge in [0.15, 0.2) is 0 Å². The zero-order valence-electron chi connectivity index (χ0n) is 10.9. The summed E-state index contributed by atoms with van der Waals surface area (Å²) in [5, 5.41) is 5.81. The third kappa shape index (κ3) is 2.40. The molecule has 1 aromatic rings. The van der Waals surface area contributed by atoms with E-state index in [-0.39, 0.29) is 32.2 Å². The molecule has 8 heteroatoms. The average molecular weight is 301 g/mol. The Morgan fingerprint density at radius 3 is 2.77 bits per heavy atom. The van der Waals surface area contributed by atoms with Crippen molar-refractivity contribution in [2.45, 2.75) is 32.9 Å². The molecule has 22 heavy (non-hydrogen) atoms. The second kappa shape index (κ2) is 5.87. The summed E-state index contributed by atoms with van der Waals surface area (Å²) in [7, 11) is 0. The van der Waals surface area contributed by atoms with Crippen LogP contribution in [0.5, 0.6) is 0 Å². The quantitative estimate of drug-likeness (QED) is 0.390. The highest BCUT2D eigenvalue weighted by atomic mass is 16.2. The van der Waals surface area contributed by atoms with E-state index < -0.39 is 11.9 Å². The first-order chi connectivity index (χ1) is 10.1. The lowest BCUT2D eigenvalue weighted by Crippen LogP contribution is -2.52. The van der Waals surface area contributed by atoms with Crippen LogP contribution in [0.3, 0.4) is 0 Å². The highest BCUT2D eigenvalue weighted by Crippen LogP contribution is 2.33. The number of fused-ring (bicyclic) bond motifs is 1. The van der Waals surface area contributed by atoms with Gasteiger partial charge in [-0.1, -0.05) is 24.7 Å². The van der Waals surface area contributed by atoms with E-state index in [0.717, 1.165) is 0 Å². The zero-order chi connectivity index (χ0) is 15.0. The van der Waals surface area contributed by atoms with Gasteiger partial charge < -0.3 is 4.90 Å². The molecule has 0 aliphatic carbocycles. The Morgan fingerprint density at radius 2 is 2.09 bits per heavy atom. The fourth-order valence-corrected chi connectivity index (χ4v) is 2.71. The summed E-state index contributed by atoms with van der Waals surface area (Å²) in [5.41, 5.74) is 10.00. The Labute approximate surface area is 126 Å². The second-order valence-electron chi connectivity index (χ2n) is 4.89.